The minimum Gasteiger partial charge on any atom is -0.368 e. The van der Waals surface area contributed by atoms with Gasteiger partial charge < -0.3 is 10.2 Å². The van der Waals surface area contributed by atoms with Crippen LogP contribution in [-0.2, 0) is 6.54 Å². The molecule has 21 heavy (non-hydrogen) atoms. The summed E-state index contributed by atoms with van der Waals surface area (Å²) in [5.74, 6) is 0. The zero-order chi connectivity index (χ0) is 15.4. The quantitative estimate of drug-likeness (QED) is 0.817. The molecule has 2 atom stereocenters. The van der Waals surface area contributed by atoms with Crippen LogP contribution in [0.25, 0.3) is 0 Å². The van der Waals surface area contributed by atoms with Gasteiger partial charge in [0.1, 0.15) is 0 Å². The largest absolute Gasteiger partial charge is 0.368 e. The van der Waals surface area contributed by atoms with Crippen LogP contribution in [0.15, 0.2) is 22.7 Å². The molecule has 2 unspecified atom stereocenters. The van der Waals surface area contributed by atoms with Gasteiger partial charge in [-0.05, 0) is 57.6 Å². The highest BCUT2D eigenvalue weighted by atomic mass is 79.9. The fourth-order valence-electron chi connectivity index (χ4n) is 3.01. The van der Waals surface area contributed by atoms with E-state index in [4.69, 9.17) is 0 Å². The third kappa shape index (κ3) is 4.21. The minimum absolute atomic E-state index is 0.592. The van der Waals surface area contributed by atoms with Gasteiger partial charge in [-0.3, -0.25) is 4.90 Å². The highest BCUT2D eigenvalue weighted by Crippen LogP contribution is 2.28. The van der Waals surface area contributed by atoms with Crippen LogP contribution in [-0.4, -0.2) is 43.7 Å². The molecule has 3 nitrogen and oxygen atoms in total. The molecule has 0 aliphatic carbocycles. The lowest BCUT2D eigenvalue weighted by molar-refractivity contribution is 0.170. The zero-order valence-electron chi connectivity index (χ0n) is 13.7. The monoisotopic (exact) mass is 353 g/mol. The average Bonchev–Trinajstić information content (AvgIpc) is 2.45. The van der Waals surface area contributed by atoms with E-state index < -0.39 is 0 Å². The van der Waals surface area contributed by atoms with Crippen LogP contribution in [0.4, 0.5) is 5.69 Å². The Morgan fingerprint density at radius 1 is 1.24 bits per heavy atom. The van der Waals surface area contributed by atoms with Gasteiger partial charge in [0.15, 0.2) is 0 Å². The Labute approximate surface area is 137 Å². The van der Waals surface area contributed by atoms with Gasteiger partial charge in [-0.15, -0.1) is 0 Å². The summed E-state index contributed by atoms with van der Waals surface area (Å²) in [5, 5.41) is 3.53. The molecule has 0 radical (unpaired) electrons. The maximum absolute atomic E-state index is 3.61. The van der Waals surface area contributed by atoms with E-state index in [1.165, 1.54) is 17.7 Å². The number of piperazine rings is 1. The third-order valence-corrected chi connectivity index (χ3v) is 4.98. The van der Waals surface area contributed by atoms with Crippen molar-refractivity contribution in [3.8, 4) is 0 Å². The Balaban J connectivity index is 2.18. The Hall–Kier alpha value is -0.580. The molecular weight excluding hydrogens is 326 g/mol. The average molecular weight is 354 g/mol. The van der Waals surface area contributed by atoms with Gasteiger partial charge >= 0.3 is 0 Å². The number of nitrogens with zero attached hydrogens (tertiary/aromatic N) is 2. The van der Waals surface area contributed by atoms with Crippen molar-refractivity contribution in [2.75, 3.05) is 31.6 Å². The van der Waals surface area contributed by atoms with Crippen molar-refractivity contribution in [1.82, 2.24) is 10.2 Å². The first-order valence-electron chi connectivity index (χ1n) is 7.99. The van der Waals surface area contributed by atoms with Gasteiger partial charge in [0.25, 0.3) is 0 Å². The van der Waals surface area contributed by atoms with Crippen molar-refractivity contribution in [3.05, 3.63) is 28.2 Å². The van der Waals surface area contributed by atoms with E-state index in [9.17, 15) is 0 Å². The highest BCUT2D eigenvalue weighted by molar-refractivity contribution is 9.10. The van der Waals surface area contributed by atoms with E-state index in [1.54, 1.807) is 0 Å². The molecule has 1 saturated heterocycles. The Morgan fingerprint density at radius 3 is 2.52 bits per heavy atom. The molecule has 0 aromatic heterocycles. The third-order valence-electron chi connectivity index (χ3n) is 4.48. The minimum atomic E-state index is 0.592. The molecule has 0 bridgehead atoms. The van der Waals surface area contributed by atoms with Crippen molar-refractivity contribution < 1.29 is 0 Å². The number of hydrogen-bond donors (Lipinski definition) is 1. The van der Waals surface area contributed by atoms with Crippen LogP contribution in [0.3, 0.4) is 0 Å². The first kappa shape index (κ1) is 16.8. The zero-order valence-corrected chi connectivity index (χ0v) is 15.3. The van der Waals surface area contributed by atoms with E-state index in [-0.39, 0.29) is 0 Å². The van der Waals surface area contributed by atoms with Crippen LogP contribution in [0.5, 0.6) is 0 Å². The maximum atomic E-state index is 3.61. The summed E-state index contributed by atoms with van der Waals surface area (Å²) >= 11 is 3.61. The molecule has 1 N–H and O–H groups in total. The molecule has 0 saturated carbocycles. The van der Waals surface area contributed by atoms with Crippen LogP contribution in [0.2, 0.25) is 0 Å². The van der Waals surface area contributed by atoms with Crippen molar-refractivity contribution in [1.29, 1.82) is 0 Å². The molecule has 1 fully saturated rings. The molecule has 1 heterocycles. The van der Waals surface area contributed by atoms with E-state index in [2.05, 4.69) is 77.1 Å². The molecule has 1 aliphatic rings. The van der Waals surface area contributed by atoms with Crippen molar-refractivity contribution in [3.63, 3.8) is 0 Å². The predicted octanol–water partition coefficient (Wildman–Crippen LogP) is 3.48. The number of likely N-dealkylation sites (N-methyl/N-ethyl adjacent to an activating group) is 1. The molecule has 0 spiro atoms. The molecule has 2 rings (SSSR count). The fraction of sp³-hybridized carbons (Fsp3) is 0.647. The van der Waals surface area contributed by atoms with Crippen molar-refractivity contribution >= 4 is 21.6 Å². The van der Waals surface area contributed by atoms with Gasteiger partial charge in [-0.25, -0.2) is 0 Å². The summed E-state index contributed by atoms with van der Waals surface area (Å²) < 4.78 is 1.16. The summed E-state index contributed by atoms with van der Waals surface area (Å²) in [6, 6.07) is 7.86. The number of anilines is 1. The lowest BCUT2D eigenvalue weighted by Gasteiger charge is -2.44. The number of rotatable bonds is 5. The van der Waals surface area contributed by atoms with E-state index in [1.807, 2.05) is 0 Å². The molecular formula is C17H28BrN3. The molecule has 0 amide bonds. The SMILES string of the molecule is CCCNCc1cc(Br)ccc1N1CC(C)N(C)C(C)C1. The molecule has 1 aliphatic heterocycles. The summed E-state index contributed by atoms with van der Waals surface area (Å²) in [6.07, 6.45) is 1.17. The molecule has 4 heteroatoms. The summed E-state index contributed by atoms with van der Waals surface area (Å²) in [4.78, 5) is 5.02. The summed E-state index contributed by atoms with van der Waals surface area (Å²) in [6.45, 7) is 11.1. The first-order chi connectivity index (χ1) is 10.0. The smallest absolute Gasteiger partial charge is 0.0413 e. The van der Waals surface area contributed by atoms with Crippen molar-refractivity contribution in [2.45, 2.75) is 45.8 Å². The second kappa shape index (κ2) is 7.61. The predicted molar refractivity (Wildman–Crippen MR) is 95.0 cm³/mol. The normalized spacial score (nSPS) is 23.6. The van der Waals surface area contributed by atoms with E-state index in [0.717, 1.165) is 30.7 Å². The van der Waals surface area contributed by atoms with Crippen LogP contribution >= 0.6 is 15.9 Å². The molecule has 118 valence electrons. The molecule has 1 aromatic carbocycles. The van der Waals surface area contributed by atoms with Gasteiger partial charge in [-0.1, -0.05) is 22.9 Å². The molecule has 1 aromatic rings. The van der Waals surface area contributed by atoms with Crippen LogP contribution in [0.1, 0.15) is 32.8 Å². The number of halogens is 1. The topological polar surface area (TPSA) is 18.5 Å². The maximum Gasteiger partial charge on any atom is 0.0413 e. The Bertz CT molecular complexity index is 451. The lowest BCUT2D eigenvalue weighted by atomic mass is 10.1. The van der Waals surface area contributed by atoms with E-state index in [0.29, 0.717) is 12.1 Å². The Kier molecular flexibility index (Phi) is 6.08. The van der Waals surface area contributed by atoms with Gasteiger partial charge in [0.2, 0.25) is 0 Å². The van der Waals surface area contributed by atoms with Crippen LogP contribution < -0.4 is 10.2 Å². The highest BCUT2D eigenvalue weighted by Gasteiger charge is 2.27. The summed E-state index contributed by atoms with van der Waals surface area (Å²) in [5.41, 5.74) is 2.77. The second-order valence-corrected chi connectivity index (χ2v) is 7.13. The number of hydrogen-bond acceptors (Lipinski definition) is 3. The fourth-order valence-corrected chi connectivity index (χ4v) is 3.41. The number of nitrogens with one attached hydrogen (secondary N) is 1. The lowest BCUT2D eigenvalue weighted by Crippen LogP contribution is -2.55. The number of benzene rings is 1. The van der Waals surface area contributed by atoms with E-state index >= 15 is 0 Å². The van der Waals surface area contributed by atoms with Gasteiger partial charge in [0.05, 0.1) is 0 Å². The van der Waals surface area contributed by atoms with Crippen molar-refractivity contribution in [2.24, 2.45) is 0 Å². The van der Waals surface area contributed by atoms with Crippen LogP contribution in [0, 0.1) is 0 Å². The van der Waals surface area contributed by atoms with Gasteiger partial charge in [-0.2, -0.15) is 0 Å². The first-order valence-corrected chi connectivity index (χ1v) is 8.78. The Morgan fingerprint density at radius 2 is 1.90 bits per heavy atom. The second-order valence-electron chi connectivity index (χ2n) is 6.22. The van der Waals surface area contributed by atoms with Gasteiger partial charge in [0, 0.05) is 41.9 Å². The standard InChI is InChI=1S/C17H28BrN3/c1-5-8-19-10-15-9-16(18)6-7-17(15)21-11-13(2)20(4)14(3)12-21/h6-7,9,13-14,19H,5,8,10-12H2,1-4H3. The summed E-state index contributed by atoms with van der Waals surface area (Å²) in [7, 11) is 2.23.